The van der Waals surface area contributed by atoms with Crippen molar-refractivity contribution in [1.82, 2.24) is 20.5 Å². The Hall–Kier alpha value is -3.67. The van der Waals surface area contributed by atoms with Gasteiger partial charge in [-0.25, -0.2) is 4.98 Å². The second-order valence-corrected chi connectivity index (χ2v) is 7.93. The number of rotatable bonds is 6. The van der Waals surface area contributed by atoms with Crippen LogP contribution in [0.1, 0.15) is 11.3 Å². The van der Waals surface area contributed by atoms with Gasteiger partial charge >= 0.3 is 0 Å². The van der Waals surface area contributed by atoms with Crippen LogP contribution in [0.15, 0.2) is 79.0 Å². The third-order valence-corrected chi connectivity index (χ3v) is 5.76. The summed E-state index contributed by atoms with van der Waals surface area (Å²) in [6.45, 7) is 1.73. The third kappa shape index (κ3) is 3.52. The molecule has 0 unspecified atom stereocenters. The van der Waals surface area contributed by atoms with Gasteiger partial charge in [0.1, 0.15) is 5.82 Å². The standard InChI is InChI=1S/C24H23N5O/c30-23(25-15-20-12-13-26-28-20)24(14-18-6-2-1-3-7-18)16-29(17-24)22-11-10-19-8-4-5-9-21(19)27-22/h1-13H,14-17H2,(H,25,30)(H,26,28). The van der Waals surface area contributed by atoms with Crippen LogP contribution in [0.5, 0.6) is 0 Å². The molecule has 2 aromatic heterocycles. The highest BCUT2D eigenvalue weighted by molar-refractivity contribution is 5.87. The van der Waals surface area contributed by atoms with E-state index in [0.717, 1.165) is 22.4 Å². The Balaban J connectivity index is 1.36. The lowest BCUT2D eigenvalue weighted by Crippen LogP contribution is -2.64. The molecule has 1 aliphatic heterocycles. The van der Waals surface area contributed by atoms with E-state index in [1.165, 1.54) is 5.56 Å². The van der Waals surface area contributed by atoms with Crippen molar-refractivity contribution in [2.45, 2.75) is 13.0 Å². The number of carbonyl (C=O) groups is 1. The first-order chi connectivity index (χ1) is 14.7. The van der Waals surface area contributed by atoms with Crippen LogP contribution >= 0.6 is 0 Å². The Morgan fingerprint density at radius 1 is 1.00 bits per heavy atom. The lowest BCUT2D eigenvalue weighted by atomic mass is 9.73. The first-order valence-corrected chi connectivity index (χ1v) is 10.1. The van der Waals surface area contributed by atoms with Crippen molar-refractivity contribution in [1.29, 1.82) is 0 Å². The van der Waals surface area contributed by atoms with Crippen LogP contribution < -0.4 is 10.2 Å². The molecule has 0 aliphatic carbocycles. The number of amides is 1. The van der Waals surface area contributed by atoms with Crippen molar-refractivity contribution in [2.24, 2.45) is 5.41 Å². The van der Waals surface area contributed by atoms with E-state index in [2.05, 4.69) is 44.7 Å². The number of nitrogens with zero attached hydrogens (tertiary/aromatic N) is 3. The number of para-hydroxylation sites is 1. The number of hydrogen-bond donors (Lipinski definition) is 2. The zero-order valence-corrected chi connectivity index (χ0v) is 16.6. The normalized spacial score (nSPS) is 15.0. The first kappa shape index (κ1) is 18.4. The zero-order chi connectivity index (χ0) is 20.4. The molecule has 30 heavy (non-hydrogen) atoms. The maximum atomic E-state index is 13.2. The van der Waals surface area contributed by atoms with Crippen LogP contribution in [-0.4, -0.2) is 34.2 Å². The summed E-state index contributed by atoms with van der Waals surface area (Å²) in [6, 6.07) is 24.3. The molecule has 6 heteroatoms. The summed E-state index contributed by atoms with van der Waals surface area (Å²) in [7, 11) is 0. The molecule has 6 nitrogen and oxygen atoms in total. The molecule has 1 fully saturated rings. The maximum absolute atomic E-state index is 13.2. The summed E-state index contributed by atoms with van der Waals surface area (Å²) in [5.41, 5.74) is 2.56. The Bertz CT molecular complexity index is 1150. The van der Waals surface area contributed by atoms with Crippen LogP contribution in [0.4, 0.5) is 5.82 Å². The van der Waals surface area contributed by atoms with Crippen molar-refractivity contribution in [2.75, 3.05) is 18.0 Å². The Labute approximate surface area is 174 Å². The van der Waals surface area contributed by atoms with Gasteiger partial charge in [-0.1, -0.05) is 48.5 Å². The number of aromatic amines is 1. The van der Waals surface area contributed by atoms with Crippen molar-refractivity contribution in [3.63, 3.8) is 0 Å². The maximum Gasteiger partial charge on any atom is 0.230 e. The number of pyridine rings is 1. The predicted octanol–water partition coefficient (Wildman–Crippen LogP) is 3.32. The van der Waals surface area contributed by atoms with E-state index >= 15 is 0 Å². The van der Waals surface area contributed by atoms with E-state index in [1.807, 2.05) is 48.5 Å². The third-order valence-electron chi connectivity index (χ3n) is 5.76. The molecule has 1 saturated heterocycles. The van der Waals surface area contributed by atoms with E-state index in [-0.39, 0.29) is 5.91 Å². The average Bonchev–Trinajstić information content (AvgIpc) is 3.28. The first-order valence-electron chi connectivity index (χ1n) is 10.1. The summed E-state index contributed by atoms with van der Waals surface area (Å²) in [5, 5.41) is 11.1. The molecule has 3 heterocycles. The molecule has 5 rings (SSSR count). The second kappa shape index (κ2) is 7.63. The van der Waals surface area contributed by atoms with E-state index in [0.29, 0.717) is 26.1 Å². The van der Waals surface area contributed by atoms with Crippen molar-refractivity contribution in [3.05, 3.63) is 90.3 Å². The SMILES string of the molecule is O=C(NCc1ccn[nH]1)C1(Cc2ccccc2)CN(c2ccc3ccccc3n2)C1. The summed E-state index contributed by atoms with van der Waals surface area (Å²) in [5.74, 6) is 0.983. The molecule has 1 amide bonds. The number of benzene rings is 2. The molecular weight excluding hydrogens is 374 g/mol. The highest BCUT2D eigenvalue weighted by Crippen LogP contribution is 2.37. The minimum atomic E-state index is -0.477. The molecule has 0 atom stereocenters. The number of anilines is 1. The van der Waals surface area contributed by atoms with Crippen LogP contribution in [-0.2, 0) is 17.8 Å². The number of fused-ring (bicyclic) bond motifs is 1. The van der Waals surface area contributed by atoms with Gasteiger partial charge in [0.15, 0.2) is 0 Å². The summed E-state index contributed by atoms with van der Waals surface area (Å²) in [6.07, 6.45) is 2.39. The van der Waals surface area contributed by atoms with Gasteiger partial charge < -0.3 is 10.2 Å². The average molecular weight is 397 g/mol. The van der Waals surface area contributed by atoms with Gasteiger partial charge in [0.25, 0.3) is 0 Å². The molecule has 0 spiro atoms. The quantitative estimate of drug-likeness (QED) is 0.523. The predicted molar refractivity (Wildman–Crippen MR) is 117 cm³/mol. The van der Waals surface area contributed by atoms with Gasteiger partial charge in [-0.3, -0.25) is 9.89 Å². The molecule has 2 aromatic carbocycles. The number of hydrogen-bond acceptors (Lipinski definition) is 4. The Morgan fingerprint density at radius 3 is 2.60 bits per heavy atom. The van der Waals surface area contributed by atoms with Gasteiger partial charge in [0.05, 0.1) is 23.2 Å². The van der Waals surface area contributed by atoms with E-state index in [4.69, 9.17) is 4.98 Å². The van der Waals surface area contributed by atoms with E-state index in [9.17, 15) is 4.79 Å². The molecule has 0 bridgehead atoms. The van der Waals surface area contributed by atoms with Crippen LogP contribution in [0.25, 0.3) is 10.9 Å². The molecule has 0 radical (unpaired) electrons. The summed E-state index contributed by atoms with van der Waals surface area (Å²) >= 11 is 0. The van der Waals surface area contributed by atoms with Gasteiger partial charge in [0.2, 0.25) is 5.91 Å². The smallest absolute Gasteiger partial charge is 0.230 e. The monoisotopic (exact) mass is 397 g/mol. The lowest BCUT2D eigenvalue weighted by molar-refractivity contribution is -0.132. The summed E-state index contributed by atoms with van der Waals surface area (Å²) in [4.78, 5) is 20.2. The van der Waals surface area contributed by atoms with Crippen LogP contribution in [0.3, 0.4) is 0 Å². The molecule has 1 aliphatic rings. The highest BCUT2D eigenvalue weighted by atomic mass is 16.2. The van der Waals surface area contributed by atoms with Crippen LogP contribution in [0.2, 0.25) is 0 Å². The Morgan fingerprint density at radius 2 is 1.80 bits per heavy atom. The van der Waals surface area contributed by atoms with Gasteiger partial charge in [0, 0.05) is 24.7 Å². The number of H-pyrrole nitrogens is 1. The Kier molecular flexibility index (Phi) is 4.67. The molecular formula is C24H23N5O. The highest BCUT2D eigenvalue weighted by Gasteiger charge is 2.49. The van der Waals surface area contributed by atoms with Gasteiger partial charge in [-0.05, 0) is 36.2 Å². The van der Waals surface area contributed by atoms with Gasteiger partial charge in [-0.15, -0.1) is 0 Å². The number of aromatic nitrogens is 3. The fraction of sp³-hybridized carbons (Fsp3) is 0.208. The summed E-state index contributed by atoms with van der Waals surface area (Å²) < 4.78 is 0. The number of carbonyl (C=O) groups excluding carboxylic acids is 1. The molecule has 4 aromatic rings. The van der Waals surface area contributed by atoms with Crippen LogP contribution in [0, 0.1) is 5.41 Å². The van der Waals surface area contributed by atoms with Gasteiger partial charge in [-0.2, -0.15) is 5.10 Å². The van der Waals surface area contributed by atoms with Crippen molar-refractivity contribution >= 4 is 22.6 Å². The molecule has 0 saturated carbocycles. The van der Waals surface area contributed by atoms with E-state index < -0.39 is 5.41 Å². The number of nitrogens with one attached hydrogen (secondary N) is 2. The van der Waals surface area contributed by atoms with Crippen molar-refractivity contribution in [3.8, 4) is 0 Å². The fourth-order valence-corrected chi connectivity index (χ4v) is 4.15. The molecule has 150 valence electrons. The molecule has 2 N–H and O–H groups in total. The van der Waals surface area contributed by atoms with E-state index in [1.54, 1.807) is 6.20 Å². The topological polar surface area (TPSA) is 73.9 Å². The largest absolute Gasteiger partial charge is 0.354 e. The van der Waals surface area contributed by atoms with Crippen molar-refractivity contribution < 1.29 is 4.79 Å². The fourth-order valence-electron chi connectivity index (χ4n) is 4.15. The lowest BCUT2D eigenvalue weighted by Gasteiger charge is -2.49. The second-order valence-electron chi connectivity index (χ2n) is 7.93. The minimum Gasteiger partial charge on any atom is -0.354 e. The minimum absolute atomic E-state index is 0.0676. The zero-order valence-electron chi connectivity index (χ0n) is 16.6.